The van der Waals surface area contributed by atoms with Crippen molar-refractivity contribution >= 4 is 17.6 Å². The van der Waals surface area contributed by atoms with Gasteiger partial charge in [0.05, 0.1) is 5.97 Å². The number of hydrogen-bond acceptors (Lipinski definition) is 3. The first-order chi connectivity index (χ1) is 7.49. The van der Waals surface area contributed by atoms with Gasteiger partial charge in [-0.05, 0) is 31.2 Å². The minimum absolute atomic E-state index is 0.227. The van der Waals surface area contributed by atoms with Crippen LogP contribution in [0.15, 0.2) is 36.4 Å². The van der Waals surface area contributed by atoms with Crippen molar-refractivity contribution in [2.24, 2.45) is 0 Å². The summed E-state index contributed by atoms with van der Waals surface area (Å²) in [6, 6.07) is 6.47. The van der Waals surface area contributed by atoms with Crippen LogP contribution < -0.4 is 9.84 Å². The van der Waals surface area contributed by atoms with E-state index in [1.165, 1.54) is 0 Å². The molecule has 1 rings (SSSR count). The number of aliphatic carboxylic acids is 1. The topological polar surface area (TPSA) is 49.4 Å². The van der Waals surface area contributed by atoms with Crippen LogP contribution >= 0.6 is 11.6 Å². The Kier molecular flexibility index (Phi) is 4.38. The second-order valence-corrected chi connectivity index (χ2v) is 3.98. The van der Waals surface area contributed by atoms with Gasteiger partial charge in [0.1, 0.15) is 11.9 Å². The maximum atomic E-state index is 10.8. The van der Waals surface area contributed by atoms with E-state index in [1.807, 2.05) is 0 Å². The summed E-state index contributed by atoms with van der Waals surface area (Å²) in [6.45, 7) is 5.38. The number of carboxylic acids is 1. The van der Waals surface area contributed by atoms with E-state index < -0.39 is 12.1 Å². The van der Waals surface area contributed by atoms with Crippen LogP contribution in [0.1, 0.15) is 13.3 Å². The Morgan fingerprint density at radius 1 is 1.50 bits per heavy atom. The molecule has 3 nitrogen and oxygen atoms in total. The third kappa shape index (κ3) is 3.95. The van der Waals surface area contributed by atoms with E-state index in [4.69, 9.17) is 16.3 Å². The van der Waals surface area contributed by atoms with Crippen molar-refractivity contribution in [3.63, 3.8) is 0 Å². The predicted octanol–water partition coefficient (Wildman–Crippen LogP) is 1.80. The summed E-state index contributed by atoms with van der Waals surface area (Å²) < 4.78 is 5.26. The van der Waals surface area contributed by atoms with Crippen LogP contribution in [0.2, 0.25) is 5.02 Å². The van der Waals surface area contributed by atoms with Crippen LogP contribution in [0, 0.1) is 0 Å². The predicted molar refractivity (Wildman–Crippen MR) is 60.3 cm³/mol. The molecule has 1 unspecified atom stereocenters. The highest BCUT2D eigenvalue weighted by molar-refractivity contribution is 6.30. The number of carbonyl (C=O) groups is 1. The molecule has 86 valence electrons. The number of hydrogen-bond donors (Lipinski definition) is 0. The van der Waals surface area contributed by atoms with E-state index in [0.29, 0.717) is 10.8 Å². The molecule has 16 heavy (non-hydrogen) atoms. The van der Waals surface area contributed by atoms with E-state index in [0.717, 1.165) is 5.57 Å². The minimum atomic E-state index is -1.25. The molecule has 0 aliphatic rings. The molecule has 1 aromatic rings. The Morgan fingerprint density at radius 3 is 2.50 bits per heavy atom. The fourth-order valence-corrected chi connectivity index (χ4v) is 1.29. The van der Waals surface area contributed by atoms with Gasteiger partial charge in [-0.15, -0.1) is 0 Å². The van der Waals surface area contributed by atoms with Crippen molar-refractivity contribution in [2.45, 2.75) is 19.4 Å². The average Bonchev–Trinajstić information content (AvgIpc) is 2.19. The first-order valence-electron chi connectivity index (χ1n) is 4.76. The fraction of sp³-hybridized carbons (Fsp3) is 0.250. The molecular weight excluding hydrogens is 228 g/mol. The Labute approximate surface area is 99.3 Å². The lowest BCUT2D eigenvalue weighted by Crippen LogP contribution is -2.39. The van der Waals surface area contributed by atoms with Crippen molar-refractivity contribution in [3.8, 4) is 5.75 Å². The molecule has 0 N–H and O–H groups in total. The maximum Gasteiger partial charge on any atom is 0.142 e. The maximum absolute atomic E-state index is 10.8. The Balaban J connectivity index is 2.71. The first-order valence-corrected chi connectivity index (χ1v) is 5.14. The molecule has 0 saturated carbocycles. The molecule has 4 heteroatoms. The summed E-state index contributed by atoms with van der Waals surface area (Å²) in [5.74, 6) is -0.808. The van der Waals surface area contributed by atoms with Gasteiger partial charge in [0.15, 0.2) is 0 Å². The first kappa shape index (κ1) is 12.6. The summed E-state index contributed by atoms with van der Waals surface area (Å²) in [5.41, 5.74) is 0.725. The average molecular weight is 240 g/mol. The third-order valence-electron chi connectivity index (χ3n) is 1.89. The summed E-state index contributed by atoms with van der Waals surface area (Å²) >= 11 is 5.70. The van der Waals surface area contributed by atoms with Crippen molar-refractivity contribution in [1.29, 1.82) is 0 Å². The number of benzene rings is 1. The van der Waals surface area contributed by atoms with Crippen molar-refractivity contribution in [3.05, 3.63) is 41.4 Å². The Bertz CT molecular complexity index is 384. The zero-order valence-electron chi connectivity index (χ0n) is 8.90. The summed E-state index contributed by atoms with van der Waals surface area (Å²) in [7, 11) is 0. The molecule has 0 aromatic heterocycles. The van der Waals surface area contributed by atoms with Gasteiger partial charge in [-0.3, -0.25) is 0 Å². The van der Waals surface area contributed by atoms with E-state index in [1.54, 1.807) is 31.2 Å². The van der Waals surface area contributed by atoms with Gasteiger partial charge in [0.25, 0.3) is 0 Å². The molecule has 0 heterocycles. The van der Waals surface area contributed by atoms with Gasteiger partial charge < -0.3 is 14.6 Å². The Morgan fingerprint density at radius 2 is 2.06 bits per heavy atom. The van der Waals surface area contributed by atoms with Gasteiger partial charge in [-0.1, -0.05) is 23.8 Å². The molecule has 1 aromatic carbocycles. The van der Waals surface area contributed by atoms with Crippen molar-refractivity contribution in [2.75, 3.05) is 0 Å². The molecule has 0 fully saturated rings. The molecule has 0 bridgehead atoms. The molecule has 1 atom stereocenters. The number of carboxylic acid groups (broad SMARTS) is 1. The van der Waals surface area contributed by atoms with Crippen LogP contribution in [0.5, 0.6) is 5.75 Å². The van der Waals surface area contributed by atoms with E-state index in [9.17, 15) is 9.90 Å². The highest BCUT2D eigenvalue weighted by atomic mass is 35.5. The SMILES string of the molecule is C=C(C)CC(Oc1ccc(Cl)cc1)C(=O)[O-]. The minimum Gasteiger partial charge on any atom is -0.546 e. The van der Waals surface area contributed by atoms with E-state index in [-0.39, 0.29) is 6.42 Å². The highest BCUT2D eigenvalue weighted by Crippen LogP contribution is 2.18. The van der Waals surface area contributed by atoms with Crippen LogP contribution in [0.3, 0.4) is 0 Å². The summed E-state index contributed by atoms with van der Waals surface area (Å²) in [4.78, 5) is 10.8. The monoisotopic (exact) mass is 239 g/mol. The van der Waals surface area contributed by atoms with E-state index in [2.05, 4.69) is 6.58 Å². The third-order valence-corrected chi connectivity index (χ3v) is 2.14. The lowest BCUT2D eigenvalue weighted by Gasteiger charge is -2.20. The molecular formula is C12H12ClO3-. The Hall–Kier alpha value is -1.48. The van der Waals surface area contributed by atoms with Gasteiger partial charge in [0.2, 0.25) is 0 Å². The standard InChI is InChI=1S/C12H13ClO3/c1-8(2)7-11(12(14)15)16-10-5-3-9(13)4-6-10/h3-6,11H,1,7H2,2H3,(H,14,15)/p-1. The molecule has 0 saturated heterocycles. The van der Waals surface area contributed by atoms with Crippen LogP contribution in [0.4, 0.5) is 0 Å². The van der Waals surface area contributed by atoms with Gasteiger partial charge in [-0.2, -0.15) is 0 Å². The number of carbonyl (C=O) groups excluding carboxylic acids is 1. The number of halogens is 1. The number of rotatable bonds is 5. The van der Waals surface area contributed by atoms with Crippen LogP contribution in [-0.4, -0.2) is 12.1 Å². The molecule has 0 radical (unpaired) electrons. The summed E-state index contributed by atoms with van der Waals surface area (Å²) in [5, 5.41) is 11.4. The zero-order valence-corrected chi connectivity index (χ0v) is 9.66. The second-order valence-electron chi connectivity index (χ2n) is 3.54. The molecule has 0 amide bonds. The van der Waals surface area contributed by atoms with Gasteiger partial charge in [-0.25, -0.2) is 0 Å². The smallest absolute Gasteiger partial charge is 0.142 e. The van der Waals surface area contributed by atoms with E-state index >= 15 is 0 Å². The second kappa shape index (κ2) is 5.56. The molecule has 0 aliphatic heterocycles. The molecule has 0 aliphatic carbocycles. The lowest BCUT2D eigenvalue weighted by molar-refractivity contribution is -0.313. The highest BCUT2D eigenvalue weighted by Gasteiger charge is 2.11. The fourth-order valence-electron chi connectivity index (χ4n) is 1.17. The lowest BCUT2D eigenvalue weighted by atomic mass is 10.1. The summed E-state index contributed by atoms with van der Waals surface area (Å²) in [6.07, 6.45) is -0.788. The van der Waals surface area contributed by atoms with Gasteiger partial charge >= 0.3 is 0 Å². The molecule has 0 spiro atoms. The van der Waals surface area contributed by atoms with Gasteiger partial charge in [0, 0.05) is 11.4 Å². The quantitative estimate of drug-likeness (QED) is 0.737. The number of ether oxygens (including phenoxy) is 1. The van der Waals surface area contributed by atoms with Crippen molar-refractivity contribution < 1.29 is 14.6 Å². The normalized spacial score (nSPS) is 11.9. The largest absolute Gasteiger partial charge is 0.546 e. The van der Waals surface area contributed by atoms with Crippen molar-refractivity contribution in [1.82, 2.24) is 0 Å². The van der Waals surface area contributed by atoms with Crippen LogP contribution in [-0.2, 0) is 4.79 Å². The zero-order chi connectivity index (χ0) is 12.1. The van der Waals surface area contributed by atoms with Crippen LogP contribution in [0.25, 0.3) is 0 Å².